The summed E-state index contributed by atoms with van der Waals surface area (Å²) in [6.07, 6.45) is -7.00. The van der Waals surface area contributed by atoms with Crippen LogP contribution in [0.4, 0.5) is 14.4 Å². The molecule has 0 unspecified atom stereocenters. The van der Waals surface area contributed by atoms with Crippen molar-refractivity contribution in [2.45, 2.75) is 0 Å². The predicted octanol–water partition coefficient (Wildman–Crippen LogP) is -7.85. The molecule has 0 aliphatic carbocycles. The van der Waals surface area contributed by atoms with Crippen LogP contribution in [0, 0.1) is 0 Å². The molecule has 0 aliphatic rings. The van der Waals surface area contributed by atoms with E-state index in [9.17, 15) is 0 Å². The molecule has 0 aromatic carbocycles. The van der Waals surface area contributed by atoms with Gasteiger partial charge in [0.1, 0.15) is 0 Å². The van der Waals surface area contributed by atoms with E-state index in [0.717, 1.165) is 0 Å². The molecule has 0 heterocycles. The molecule has 0 rings (SSSR count). The molecule has 0 atom stereocenters. The van der Waals surface area contributed by atoms with E-state index in [-0.39, 0.29) is 85.1 Å². The fraction of sp³-hybridized carbons (Fsp3) is 0. The number of hydrogen-bond donors (Lipinski definition) is 0. The summed E-state index contributed by atoms with van der Waals surface area (Å²) in [4.78, 5) is 25.0. The van der Waals surface area contributed by atoms with Gasteiger partial charge in [-0.25, -0.2) is 0 Å². The van der Waals surface area contributed by atoms with E-state index in [1.807, 2.05) is 0 Å². The predicted molar refractivity (Wildman–Crippen MR) is 22.6 cm³/mol. The Labute approximate surface area is 147 Å². The second kappa shape index (κ2) is 36.2. The fourth-order valence-electron chi connectivity index (χ4n) is 0. The molecule has 0 bridgehead atoms. The molecular weight excluding hydrogens is 395 g/mol. The van der Waals surface area contributed by atoms with Crippen LogP contribution in [0.5, 0.6) is 0 Å². The topological polar surface area (TPSA) is 218 Å². The number of carbonyl (C=O) groups excluding carboxylic acids is 3. The van der Waals surface area contributed by atoms with Crippen molar-refractivity contribution in [2.24, 2.45) is 0 Å². The van der Waals surface area contributed by atoms with Crippen LogP contribution in [-0.4, -0.2) is 63.9 Å². The summed E-state index contributed by atoms with van der Waals surface area (Å²) >= 11 is 0. The SMILES string of the molecule is O=C([O-])[O-].O=C([O-])[O-].O=C([O-])[O-].[Fe+3].[Fe+3].[O-2].[Sr+2]. The van der Waals surface area contributed by atoms with Gasteiger partial charge in [-0.3, -0.25) is 0 Å². The first kappa shape index (κ1) is 44.1. The van der Waals surface area contributed by atoms with Gasteiger partial charge in [0.2, 0.25) is 0 Å². The molecule has 0 aromatic rings. The van der Waals surface area contributed by atoms with Crippen LogP contribution in [0.3, 0.4) is 0 Å². The number of carbonyl (C=O) groups is 3. The Hall–Kier alpha value is 0.289. The molecule has 13 heteroatoms. The first-order valence-corrected chi connectivity index (χ1v) is 1.84. The van der Waals surface area contributed by atoms with Crippen molar-refractivity contribution in [1.29, 1.82) is 0 Å². The van der Waals surface area contributed by atoms with Gasteiger partial charge in [-0.15, -0.1) is 0 Å². The molecule has 0 aliphatic heterocycles. The zero-order valence-electron chi connectivity index (χ0n) is 7.00. The van der Waals surface area contributed by atoms with Gasteiger partial charge in [0, 0.05) is 0 Å². The molecule has 90 valence electrons. The molecule has 2 radical (unpaired) electrons. The average Bonchev–Trinajstić information content (AvgIpc) is 1.54. The maximum absolute atomic E-state index is 8.33. The summed E-state index contributed by atoms with van der Waals surface area (Å²) in [7, 11) is 0. The van der Waals surface area contributed by atoms with Crippen LogP contribution in [0.25, 0.3) is 0 Å². The molecule has 0 spiro atoms. The largest absolute Gasteiger partial charge is 3.00 e. The third kappa shape index (κ3) is 30100. The van der Waals surface area contributed by atoms with Crippen molar-refractivity contribution in [1.82, 2.24) is 0 Å². The Morgan fingerprint density at radius 1 is 0.562 bits per heavy atom. The molecule has 0 aromatic heterocycles. The van der Waals surface area contributed by atoms with Gasteiger partial charge in [0.05, 0.1) is 0 Å². The van der Waals surface area contributed by atoms with Crippen LogP contribution >= 0.6 is 0 Å². The zero-order chi connectivity index (χ0) is 10.7. The molecular formula is C3Fe2O10Sr. The third-order valence-electron chi connectivity index (χ3n) is 0. The van der Waals surface area contributed by atoms with Gasteiger partial charge in [0.15, 0.2) is 0 Å². The Morgan fingerprint density at radius 3 is 0.562 bits per heavy atom. The fourth-order valence-corrected chi connectivity index (χ4v) is 0. The van der Waals surface area contributed by atoms with Crippen LogP contribution in [0.15, 0.2) is 0 Å². The Bertz CT molecular complexity index is 122. The van der Waals surface area contributed by atoms with Crippen molar-refractivity contribution in [2.75, 3.05) is 0 Å². The van der Waals surface area contributed by atoms with Gasteiger partial charge in [-0.2, -0.15) is 0 Å². The standard InChI is InChI=1S/3CH2O3.2Fe.O.Sr/c3*2-1(3)4;;;;/h3*(H2,2,3,4);;;;/q;;;2*+3;-2;+2/p-6. The summed E-state index contributed by atoms with van der Waals surface area (Å²) < 4.78 is 0. The van der Waals surface area contributed by atoms with E-state index >= 15 is 0 Å². The van der Waals surface area contributed by atoms with Gasteiger partial charge in [-0.05, 0) is 18.5 Å². The first-order chi connectivity index (χ1) is 5.20. The van der Waals surface area contributed by atoms with Crippen molar-refractivity contribution in [3.8, 4) is 0 Å². The maximum Gasteiger partial charge on any atom is 3.00 e. The van der Waals surface area contributed by atoms with Crippen molar-refractivity contribution >= 4 is 63.9 Å². The van der Waals surface area contributed by atoms with E-state index in [1.165, 1.54) is 0 Å². The molecule has 0 amide bonds. The molecule has 0 saturated carbocycles. The van der Waals surface area contributed by atoms with Crippen molar-refractivity contribution < 1.29 is 84.6 Å². The average molecular weight is 395 g/mol. The number of rotatable bonds is 0. The Balaban J connectivity index is -0.0000000135. The summed E-state index contributed by atoms with van der Waals surface area (Å²) in [5, 5.41) is 50.0. The Kier molecular flexibility index (Phi) is 99.8. The number of hydrogen-bond acceptors (Lipinski definition) is 9. The summed E-state index contributed by atoms with van der Waals surface area (Å²) in [5.74, 6) is 0. The summed E-state index contributed by atoms with van der Waals surface area (Å²) in [6.45, 7) is 0. The first-order valence-electron chi connectivity index (χ1n) is 1.84. The van der Waals surface area contributed by atoms with E-state index in [1.54, 1.807) is 0 Å². The number of carboxylic acid groups (broad SMARTS) is 6. The van der Waals surface area contributed by atoms with E-state index in [0.29, 0.717) is 0 Å². The minimum absolute atomic E-state index is 0. The van der Waals surface area contributed by atoms with Crippen LogP contribution in [0.2, 0.25) is 0 Å². The van der Waals surface area contributed by atoms with Gasteiger partial charge < -0.3 is 50.5 Å². The summed E-state index contributed by atoms with van der Waals surface area (Å²) in [6, 6.07) is 0. The van der Waals surface area contributed by atoms with Crippen LogP contribution in [0.1, 0.15) is 0 Å². The molecule has 10 nitrogen and oxygen atoms in total. The maximum atomic E-state index is 8.33. The molecule has 0 fully saturated rings. The second-order valence-corrected chi connectivity index (χ2v) is 0.750. The van der Waals surface area contributed by atoms with E-state index < -0.39 is 18.5 Å². The van der Waals surface area contributed by atoms with Crippen molar-refractivity contribution in [3.63, 3.8) is 0 Å². The van der Waals surface area contributed by atoms with Crippen molar-refractivity contribution in [3.05, 3.63) is 0 Å². The zero-order valence-corrected chi connectivity index (χ0v) is 12.7. The summed E-state index contributed by atoms with van der Waals surface area (Å²) in [5.41, 5.74) is 0. The monoisotopic (exact) mass is 396 g/mol. The second-order valence-electron chi connectivity index (χ2n) is 0.750. The smallest absolute Gasteiger partial charge is 2.00 e. The van der Waals surface area contributed by atoms with Gasteiger partial charge in [-0.1, -0.05) is 0 Å². The van der Waals surface area contributed by atoms with E-state index in [2.05, 4.69) is 0 Å². The van der Waals surface area contributed by atoms with Crippen LogP contribution < -0.4 is 30.6 Å². The normalized spacial score (nSPS) is 4.50. The Morgan fingerprint density at radius 2 is 0.562 bits per heavy atom. The van der Waals surface area contributed by atoms with Gasteiger partial charge >= 0.3 is 79.6 Å². The molecule has 0 N–H and O–H groups in total. The quantitative estimate of drug-likeness (QED) is 0.355. The van der Waals surface area contributed by atoms with Gasteiger partial charge in [0.25, 0.3) is 0 Å². The minimum atomic E-state index is -2.33. The van der Waals surface area contributed by atoms with E-state index in [4.69, 9.17) is 45.0 Å². The third-order valence-corrected chi connectivity index (χ3v) is 0. The molecule has 0 saturated heterocycles. The molecule has 16 heavy (non-hydrogen) atoms. The minimum Gasteiger partial charge on any atom is -2.00 e. The van der Waals surface area contributed by atoms with Crippen LogP contribution in [-0.2, 0) is 39.6 Å².